The summed E-state index contributed by atoms with van der Waals surface area (Å²) in [5, 5.41) is 0. The van der Waals surface area contributed by atoms with Crippen LogP contribution in [0.15, 0.2) is 36.7 Å². The van der Waals surface area contributed by atoms with Gasteiger partial charge in [-0.1, -0.05) is 159 Å². The van der Waals surface area contributed by atoms with Gasteiger partial charge in [-0.05, 0) is 30.5 Å². The van der Waals surface area contributed by atoms with Crippen LogP contribution in [-0.4, -0.2) is 47.4 Å². The molecule has 0 aliphatic heterocycles. The first kappa shape index (κ1) is 38.7. The maximum absolute atomic E-state index is 6.00. The van der Waals surface area contributed by atoms with Crippen molar-refractivity contribution in [3.05, 3.63) is 36.7 Å². The third kappa shape index (κ3) is 18.5. The minimum atomic E-state index is -1.02. The first-order valence-corrected chi connectivity index (χ1v) is 28.6. The molecule has 0 fully saturated rings. The minimum absolute atomic E-state index is 0.467. The number of hydrogen-bond acceptors (Lipinski definition) is 4. The van der Waals surface area contributed by atoms with Crippen molar-refractivity contribution in [2.75, 3.05) is 13.2 Å². The summed E-state index contributed by atoms with van der Waals surface area (Å²) in [6.07, 6.45) is 22.1. The molecule has 0 aliphatic rings. The first-order valence-electron chi connectivity index (χ1n) is 18.1. The van der Waals surface area contributed by atoms with E-state index in [1.165, 1.54) is 77.0 Å². The summed E-state index contributed by atoms with van der Waals surface area (Å²) >= 11 is 0. The van der Waals surface area contributed by atoms with Crippen molar-refractivity contribution in [1.82, 2.24) is 9.97 Å². The molecule has 1 heterocycles. The van der Waals surface area contributed by atoms with Crippen molar-refractivity contribution < 1.29 is 9.47 Å². The fourth-order valence-electron chi connectivity index (χ4n) is 7.17. The molecule has 44 heavy (non-hydrogen) atoms. The SMILES string of the molecule is CCCCCCCOc1ncc(-c2ccc(OCCCCCCCCCCC[Si](C)(C)C[Si](C)(C)C[Si](C)(C)C)cc2)cn1. The van der Waals surface area contributed by atoms with E-state index < -0.39 is 24.2 Å². The molecule has 4 nitrogen and oxygen atoms in total. The fourth-order valence-corrected chi connectivity index (χ4v) is 32.6. The fraction of sp³-hybridized carbons (Fsp3) is 0.730. The third-order valence-electron chi connectivity index (χ3n) is 8.53. The molecule has 1 aromatic carbocycles. The second kappa shape index (κ2) is 20.6. The van der Waals surface area contributed by atoms with Gasteiger partial charge in [0.05, 0.1) is 13.2 Å². The van der Waals surface area contributed by atoms with Crippen molar-refractivity contribution in [1.29, 1.82) is 0 Å². The summed E-state index contributed by atoms with van der Waals surface area (Å²) in [5.41, 5.74) is 5.34. The minimum Gasteiger partial charge on any atom is -0.494 e. The molecule has 1 aromatic heterocycles. The molecule has 7 heteroatoms. The van der Waals surface area contributed by atoms with Crippen LogP contribution in [0.2, 0.25) is 63.2 Å². The van der Waals surface area contributed by atoms with Gasteiger partial charge >= 0.3 is 6.01 Å². The van der Waals surface area contributed by atoms with Crippen molar-refractivity contribution in [2.24, 2.45) is 0 Å². The average molecular weight is 657 g/mol. The summed E-state index contributed by atoms with van der Waals surface area (Å²) in [5.74, 6) is 0.936. The molecule has 2 rings (SSSR count). The van der Waals surface area contributed by atoms with E-state index in [-0.39, 0.29) is 0 Å². The van der Waals surface area contributed by atoms with Gasteiger partial charge < -0.3 is 9.47 Å². The molecule has 0 spiro atoms. The van der Waals surface area contributed by atoms with Gasteiger partial charge in [0.25, 0.3) is 0 Å². The predicted molar refractivity (Wildman–Crippen MR) is 202 cm³/mol. The quantitative estimate of drug-likeness (QED) is 0.0788. The van der Waals surface area contributed by atoms with E-state index in [2.05, 4.69) is 87.0 Å². The molecule has 0 saturated carbocycles. The third-order valence-corrected chi connectivity index (χ3v) is 26.0. The van der Waals surface area contributed by atoms with Crippen LogP contribution in [-0.2, 0) is 0 Å². The van der Waals surface area contributed by atoms with Gasteiger partial charge in [-0.3, -0.25) is 0 Å². The monoisotopic (exact) mass is 656 g/mol. The Bertz CT molecular complexity index is 1000. The van der Waals surface area contributed by atoms with Crippen molar-refractivity contribution in [2.45, 2.75) is 160 Å². The summed E-state index contributed by atoms with van der Waals surface area (Å²) in [7, 11) is -2.96. The Morgan fingerprint density at radius 2 is 1.02 bits per heavy atom. The Morgan fingerprint density at radius 3 is 1.57 bits per heavy atom. The molecule has 0 saturated heterocycles. The van der Waals surface area contributed by atoms with E-state index in [0.29, 0.717) is 12.6 Å². The zero-order valence-electron chi connectivity index (χ0n) is 30.1. The van der Waals surface area contributed by atoms with E-state index in [4.69, 9.17) is 9.47 Å². The second-order valence-electron chi connectivity index (χ2n) is 16.1. The molecular weight excluding hydrogens is 589 g/mol. The normalized spacial score (nSPS) is 12.5. The molecule has 0 aliphatic carbocycles. The topological polar surface area (TPSA) is 44.2 Å². The molecule has 0 amide bonds. The van der Waals surface area contributed by atoms with Crippen LogP contribution in [0.5, 0.6) is 11.8 Å². The van der Waals surface area contributed by atoms with Crippen LogP contribution >= 0.6 is 0 Å². The zero-order valence-corrected chi connectivity index (χ0v) is 33.1. The Morgan fingerprint density at radius 1 is 0.523 bits per heavy atom. The average Bonchev–Trinajstić information content (AvgIpc) is 2.94. The van der Waals surface area contributed by atoms with Gasteiger partial charge in [0.2, 0.25) is 0 Å². The van der Waals surface area contributed by atoms with E-state index in [1.54, 1.807) is 17.4 Å². The molecule has 2 aromatic rings. The lowest BCUT2D eigenvalue weighted by atomic mass is 10.1. The molecule has 0 radical (unpaired) electrons. The molecule has 0 unspecified atom stereocenters. The molecule has 250 valence electrons. The van der Waals surface area contributed by atoms with E-state index in [0.717, 1.165) is 36.3 Å². The summed E-state index contributed by atoms with van der Waals surface area (Å²) in [4.78, 5) is 8.78. The van der Waals surface area contributed by atoms with Gasteiger partial charge in [-0.25, -0.2) is 9.97 Å². The zero-order chi connectivity index (χ0) is 32.3. The summed E-state index contributed by atoms with van der Waals surface area (Å²) < 4.78 is 11.7. The molecule has 0 bridgehead atoms. The number of aromatic nitrogens is 2. The standard InChI is InChI=1S/C37H68N2O2Si3/c1-9-10-11-17-21-28-41-37-38-30-35(31-39-37)34-23-25-36(26-24-34)40-27-20-18-15-13-12-14-16-19-22-29-43(5,6)33-44(7,8)32-42(2,3)4/h23-26,30-31H,9-22,27-29,32-33H2,1-8H3. The van der Waals surface area contributed by atoms with Crippen LogP contribution in [0.3, 0.4) is 0 Å². The van der Waals surface area contributed by atoms with Gasteiger partial charge in [0.1, 0.15) is 5.75 Å². The lowest BCUT2D eigenvalue weighted by Gasteiger charge is -2.36. The van der Waals surface area contributed by atoms with Crippen LogP contribution in [0.1, 0.15) is 96.8 Å². The number of hydrogen-bond donors (Lipinski definition) is 0. The van der Waals surface area contributed by atoms with E-state index >= 15 is 0 Å². The van der Waals surface area contributed by atoms with Crippen LogP contribution in [0.4, 0.5) is 0 Å². The van der Waals surface area contributed by atoms with Crippen molar-refractivity contribution in [3.8, 4) is 22.9 Å². The second-order valence-corrected chi connectivity index (χ2v) is 33.2. The highest BCUT2D eigenvalue weighted by molar-refractivity contribution is 7.02. The Kier molecular flexibility index (Phi) is 18.2. The van der Waals surface area contributed by atoms with Gasteiger partial charge in [0.15, 0.2) is 0 Å². The lowest BCUT2D eigenvalue weighted by Crippen LogP contribution is -2.44. The van der Waals surface area contributed by atoms with Crippen LogP contribution in [0.25, 0.3) is 11.1 Å². The van der Waals surface area contributed by atoms with Gasteiger partial charge in [0, 0.05) is 42.2 Å². The van der Waals surface area contributed by atoms with Crippen LogP contribution < -0.4 is 9.47 Å². The maximum Gasteiger partial charge on any atom is 0.316 e. The largest absolute Gasteiger partial charge is 0.494 e. The van der Waals surface area contributed by atoms with Crippen molar-refractivity contribution in [3.63, 3.8) is 0 Å². The number of benzene rings is 1. The number of nitrogens with zero attached hydrogens (tertiary/aromatic N) is 2. The number of unbranched alkanes of at least 4 members (excludes halogenated alkanes) is 12. The summed E-state index contributed by atoms with van der Waals surface area (Å²) in [6, 6.07) is 10.3. The smallest absolute Gasteiger partial charge is 0.316 e. The van der Waals surface area contributed by atoms with Crippen molar-refractivity contribution >= 4 is 24.2 Å². The maximum atomic E-state index is 6.00. The molecule has 0 atom stereocenters. The number of ether oxygens (including phenoxy) is 2. The van der Waals surface area contributed by atoms with E-state index in [9.17, 15) is 0 Å². The molecular formula is C37H68N2O2Si3. The van der Waals surface area contributed by atoms with E-state index in [1.807, 2.05) is 12.4 Å². The highest BCUT2D eigenvalue weighted by Gasteiger charge is 2.34. The Hall–Kier alpha value is -1.45. The highest BCUT2D eigenvalue weighted by atomic mass is 28.4. The summed E-state index contributed by atoms with van der Waals surface area (Å²) in [6.45, 7) is 22.1. The molecule has 0 N–H and O–H groups in total. The van der Waals surface area contributed by atoms with Gasteiger partial charge in [-0.15, -0.1) is 0 Å². The predicted octanol–water partition coefficient (Wildman–Crippen LogP) is 12.2. The lowest BCUT2D eigenvalue weighted by molar-refractivity contribution is 0.281. The van der Waals surface area contributed by atoms with Crippen LogP contribution in [0, 0.1) is 0 Å². The Balaban J connectivity index is 1.49. The number of rotatable bonds is 25. The first-order chi connectivity index (χ1) is 20.9. The van der Waals surface area contributed by atoms with Gasteiger partial charge in [-0.2, -0.15) is 0 Å². The Labute approximate surface area is 275 Å². The highest BCUT2D eigenvalue weighted by Crippen LogP contribution is 2.31.